The molecule has 13 heavy (non-hydrogen) atoms. The Kier molecular flexibility index (Phi) is 3.67. The topological polar surface area (TPSA) is 0 Å². The van der Waals surface area contributed by atoms with Gasteiger partial charge in [-0.2, -0.15) is 0 Å². The van der Waals surface area contributed by atoms with Crippen LogP contribution in [0.2, 0.25) is 0 Å². The van der Waals surface area contributed by atoms with Crippen LogP contribution >= 0.6 is 27.7 Å². The van der Waals surface area contributed by atoms with E-state index < -0.39 is 17.5 Å². The molecule has 0 radical (unpaired) electrons. The van der Waals surface area contributed by atoms with Gasteiger partial charge in [-0.05, 0) is 12.3 Å². The van der Waals surface area contributed by atoms with Crippen LogP contribution in [0.4, 0.5) is 13.2 Å². The van der Waals surface area contributed by atoms with Gasteiger partial charge in [0.15, 0.2) is 11.6 Å². The summed E-state index contributed by atoms with van der Waals surface area (Å²) in [5.41, 5.74) is 0.128. The number of thioether (sulfide) groups is 1. The molecule has 0 saturated heterocycles. The number of rotatable bonds is 2. The van der Waals surface area contributed by atoms with Gasteiger partial charge in [-0.1, -0.05) is 15.9 Å². The summed E-state index contributed by atoms with van der Waals surface area (Å²) in [6.45, 7) is 0. The van der Waals surface area contributed by atoms with E-state index in [2.05, 4.69) is 15.9 Å². The third kappa shape index (κ3) is 2.02. The number of hydrogen-bond acceptors (Lipinski definition) is 1. The highest BCUT2D eigenvalue weighted by Crippen LogP contribution is 2.28. The molecule has 0 N–H and O–H groups in total. The summed E-state index contributed by atoms with van der Waals surface area (Å²) in [5, 5.41) is 0.170. The predicted molar refractivity (Wildman–Crippen MR) is 50.7 cm³/mol. The first kappa shape index (κ1) is 10.9. The molecule has 0 atom stereocenters. The lowest BCUT2D eigenvalue weighted by atomic mass is 10.2. The van der Waals surface area contributed by atoms with Crippen molar-refractivity contribution >= 4 is 27.7 Å². The van der Waals surface area contributed by atoms with E-state index in [9.17, 15) is 13.2 Å². The first-order valence-corrected chi connectivity index (χ1v) is 5.72. The standard InChI is InChI=1S/C8H6BrF3S/c1-13-8-6(11)4(3-9)2-5(10)7(8)12/h2H,3H2,1H3. The van der Waals surface area contributed by atoms with Gasteiger partial charge < -0.3 is 0 Å². The van der Waals surface area contributed by atoms with Crippen LogP contribution in [-0.2, 0) is 5.33 Å². The molecule has 0 unspecified atom stereocenters. The van der Waals surface area contributed by atoms with Gasteiger partial charge >= 0.3 is 0 Å². The maximum absolute atomic E-state index is 13.3. The van der Waals surface area contributed by atoms with Crippen LogP contribution in [-0.4, -0.2) is 6.26 Å². The van der Waals surface area contributed by atoms with Crippen LogP contribution < -0.4 is 0 Å². The van der Waals surface area contributed by atoms with E-state index in [1.54, 1.807) is 0 Å². The first-order chi connectivity index (χ1) is 6.11. The summed E-state index contributed by atoms with van der Waals surface area (Å²) in [7, 11) is 0. The van der Waals surface area contributed by atoms with Crippen molar-refractivity contribution in [2.45, 2.75) is 10.2 Å². The van der Waals surface area contributed by atoms with Gasteiger partial charge in [-0.3, -0.25) is 0 Å². The quantitative estimate of drug-likeness (QED) is 0.449. The minimum absolute atomic E-state index is 0.128. The van der Waals surface area contributed by atoms with Gasteiger partial charge in [-0.25, -0.2) is 13.2 Å². The Morgan fingerprint density at radius 2 is 1.92 bits per heavy atom. The summed E-state index contributed by atoms with van der Waals surface area (Å²) in [6.07, 6.45) is 1.50. The van der Waals surface area contributed by atoms with Gasteiger partial charge in [0.2, 0.25) is 0 Å². The molecule has 0 spiro atoms. The Hall–Kier alpha value is -0.160. The zero-order chi connectivity index (χ0) is 10.0. The van der Waals surface area contributed by atoms with Gasteiger partial charge in [0.25, 0.3) is 0 Å². The van der Waals surface area contributed by atoms with E-state index in [1.807, 2.05) is 0 Å². The highest BCUT2D eigenvalue weighted by Gasteiger charge is 2.16. The first-order valence-electron chi connectivity index (χ1n) is 3.38. The lowest BCUT2D eigenvalue weighted by Crippen LogP contribution is -1.97. The zero-order valence-electron chi connectivity index (χ0n) is 6.70. The number of hydrogen-bond donors (Lipinski definition) is 0. The Bertz CT molecular complexity index is 328. The fourth-order valence-corrected chi connectivity index (χ4v) is 1.90. The molecule has 0 amide bonds. The molecule has 0 aliphatic carbocycles. The second-order valence-corrected chi connectivity index (χ2v) is 3.69. The molecule has 0 saturated carbocycles. The van der Waals surface area contributed by atoms with Crippen molar-refractivity contribution in [1.82, 2.24) is 0 Å². The minimum atomic E-state index is -1.12. The average Bonchev–Trinajstić information content (AvgIpc) is 2.12. The second kappa shape index (κ2) is 4.37. The molecular formula is C8H6BrF3S. The van der Waals surface area contributed by atoms with Crippen molar-refractivity contribution in [3.05, 3.63) is 29.1 Å². The van der Waals surface area contributed by atoms with E-state index >= 15 is 0 Å². The highest BCUT2D eigenvalue weighted by atomic mass is 79.9. The Labute approximate surface area is 86.6 Å². The molecule has 5 heteroatoms. The van der Waals surface area contributed by atoms with Gasteiger partial charge in [0.1, 0.15) is 5.82 Å². The largest absolute Gasteiger partial charge is 0.205 e. The monoisotopic (exact) mass is 270 g/mol. The average molecular weight is 271 g/mol. The number of benzene rings is 1. The molecule has 0 nitrogen and oxygen atoms in total. The Balaban J connectivity index is 3.39. The summed E-state index contributed by atoms with van der Waals surface area (Å²) in [6, 6.07) is 0.860. The van der Waals surface area contributed by atoms with Crippen molar-refractivity contribution < 1.29 is 13.2 Å². The van der Waals surface area contributed by atoms with Gasteiger partial charge in [0, 0.05) is 10.9 Å². The third-order valence-electron chi connectivity index (χ3n) is 1.54. The lowest BCUT2D eigenvalue weighted by molar-refractivity contribution is 0.464. The van der Waals surface area contributed by atoms with Crippen LogP contribution in [0.15, 0.2) is 11.0 Å². The summed E-state index contributed by atoms with van der Waals surface area (Å²) >= 11 is 3.85. The molecule has 0 heterocycles. The second-order valence-electron chi connectivity index (χ2n) is 2.31. The number of alkyl halides is 1. The maximum Gasteiger partial charge on any atom is 0.175 e. The Morgan fingerprint density at radius 1 is 1.31 bits per heavy atom. The van der Waals surface area contributed by atoms with Crippen LogP contribution in [0.1, 0.15) is 5.56 Å². The van der Waals surface area contributed by atoms with Crippen LogP contribution in [0, 0.1) is 17.5 Å². The van der Waals surface area contributed by atoms with E-state index in [0.29, 0.717) is 0 Å². The minimum Gasteiger partial charge on any atom is -0.205 e. The fourth-order valence-electron chi connectivity index (χ4n) is 0.907. The maximum atomic E-state index is 13.3. The SMILES string of the molecule is CSc1c(F)c(F)cc(CBr)c1F. The van der Waals surface area contributed by atoms with E-state index in [-0.39, 0.29) is 15.8 Å². The third-order valence-corrected chi connectivity index (χ3v) is 2.91. The van der Waals surface area contributed by atoms with Crippen molar-refractivity contribution in [3.8, 4) is 0 Å². The van der Waals surface area contributed by atoms with Gasteiger partial charge in [-0.15, -0.1) is 11.8 Å². The van der Waals surface area contributed by atoms with Crippen molar-refractivity contribution in [3.63, 3.8) is 0 Å². The van der Waals surface area contributed by atoms with Crippen LogP contribution in [0.3, 0.4) is 0 Å². The molecule has 0 aromatic heterocycles. The smallest absolute Gasteiger partial charge is 0.175 e. The fraction of sp³-hybridized carbons (Fsp3) is 0.250. The lowest BCUT2D eigenvalue weighted by Gasteiger charge is -2.06. The zero-order valence-corrected chi connectivity index (χ0v) is 9.11. The molecule has 72 valence electrons. The molecule has 1 aromatic rings. The summed E-state index contributed by atoms with van der Waals surface area (Å²) < 4.78 is 39.0. The molecule has 1 aromatic carbocycles. The predicted octanol–water partition coefficient (Wildman–Crippen LogP) is 3.72. The van der Waals surface area contributed by atoms with Crippen LogP contribution in [0.25, 0.3) is 0 Å². The summed E-state index contributed by atoms with van der Waals surface area (Å²) in [5.74, 6) is -2.82. The molecule has 0 aliphatic rings. The normalized spacial score (nSPS) is 10.5. The molecule has 0 fully saturated rings. The molecule has 0 bridgehead atoms. The summed E-state index contributed by atoms with van der Waals surface area (Å²) in [4.78, 5) is -0.269. The van der Waals surface area contributed by atoms with Gasteiger partial charge in [0.05, 0.1) is 4.90 Å². The number of halogens is 4. The molecule has 0 aliphatic heterocycles. The molecule has 1 rings (SSSR count). The van der Waals surface area contributed by atoms with Crippen molar-refractivity contribution in [2.75, 3.05) is 6.26 Å². The van der Waals surface area contributed by atoms with E-state index in [0.717, 1.165) is 17.8 Å². The highest BCUT2D eigenvalue weighted by molar-refractivity contribution is 9.08. The van der Waals surface area contributed by atoms with Crippen molar-refractivity contribution in [2.24, 2.45) is 0 Å². The Morgan fingerprint density at radius 3 is 2.38 bits per heavy atom. The van der Waals surface area contributed by atoms with E-state index in [1.165, 1.54) is 6.26 Å². The van der Waals surface area contributed by atoms with E-state index in [4.69, 9.17) is 0 Å². The van der Waals surface area contributed by atoms with Crippen molar-refractivity contribution in [1.29, 1.82) is 0 Å². The molecular weight excluding hydrogens is 265 g/mol. The van der Waals surface area contributed by atoms with Crippen LogP contribution in [0.5, 0.6) is 0 Å².